The maximum Gasteiger partial charge on any atom is 0.173 e. The van der Waals surface area contributed by atoms with Crippen molar-refractivity contribution in [1.29, 1.82) is 0 Å². The molecule has 2 nitrogen and oxygen atoms in total. The molecule has 60 valence electrons. The van der Waals surface area contributed by atoms with Crippen LogP contribution in [-0.2, 0) is 9.05 Å². The molecule has 0 aliphatic heterocycles. The molecule has 3 heteroatoms. The number of hydrogen-bond acceptors (Lipinski definition) is 2. The maximum atomic E-state index is 5.23. The summed E-state index contributed by atoms with van der Waals surface area (Å²) in [6.45, 7) is 0. The molecule has 1 saturated carbocycles. The summed E-state index contributed by atoms with van der Waals surface area (Å²) in [6.07, 6.45) is 5.31. The van der Waals surface area contributed by atoms with Gasteiger partial charge in [0, 0.05) is 19.9 Å². The van der Waals surface area contributed by atoms with E-state index in [1.165, 1.54) is 25.7 Å². The molecule has 0 aromatic heterocycles. The molecule has 0 radical (unpaired) electrons. The maximum absolute atomic E-state index is 5.23. The molecule has 0 unspecified atom stereocenters. The zero-order valence-corrected chi connectivity index (χ0v) is 7.56. The van der Waals surface area contributed by atoms with E-state index in [0.717, 1.165) is 0 Å². The third-order valence-electron chi connectivity index (χ3n) is 1.98. The van der Waals surface area contributed by atoms with Crippen LogP contribution >= 0.6 is 8.38 Å². The second-order valence-electron chi connectivity index (χ2n) is 2.59. The van der Waals surface area contributed by atoms with Crippen molar-refractivity contribution in [2.24, 2.45) is 0 Å². The first kappa shape index (κ1) is 8.45. The van der Waals surface area contributed by atoms with Gasteiger partial charge in [-0.15, -0.1) is 0 Å². The minimum absolute atomic E-state index is 0.557. The van der Waals surface area contributed by atoms with Crippen LogP contribution < -0.4 is 0 Å². The fraction of sp³-hybridized carbons (Fsp3) is 1.00. The van der Waals surface area contributed by atoms with E-state index in [9.17, 15) is 0 Å². The molecule has 0 atom stereocenters. The number of hydrogen-bond donors (Lipinski definition) is 0. The lowest BCUT2D eigenvalue weighted by Crippen LogP contribution is -2.00. The topological polar surface area (TPSA) is 18.5 Å². The number of rotatable bonds is 3. The van der Waals surface area contributed by atoms with Crippen LogP contribution in [-0.4, -0.2) is 19.9 Å². The van der Waals surface area contributed by atoms with E-state index in [0.29, 0.717) is 5.66 Å². The molecule has 0 saturated heterocycles. The van der Waals surface area contributed by atoms with Crippen LogP contribution in [0.15, 0.2) is 0 Å². The second kappa shape index (κ2) is 4.27. The highest BCUT2D eigenvalue weighted by atomic mass is 31.2. The third-order valence-corrected chi connectivity index (χ3v) is 3.82. The van der Waals surface area contributed by atoms with Gasteiger partial charge >= 0.3 is 0 Å². The van der Waals surface area contributed by atoms with Crippen LogP contribution in [0.4, 0.5) is 0 Å². The van der Waals surface area contributed by atoms with Gasteiger partial charge in [0.15, 0.2) is 8.38 Å². The highest BCUT2D eigenvalue weighted by molar-refractivity contribution is 7.48. The van der Waals surface area contributed by atoms with Gasteiger partial charge in [0.1, 0.15) is 0 Å². The minimum Gasteiger partial charge on any atom is -0.337 e. The lowest BCUT2D eigenvalue weighted by molar-refractivity contribution is 0.330. The van der Waals surface area contributed by atoms with E-state index >= 15 is 0 Å². The molecule has 0 bridgehead atoms. The summed E-state index contributed by atoms with van der Waals surface area (Å²) in [4.78, 5) is 0. The Bertz CT molecular complexity index is 87.6. The van der Waals surface area contributed by atoms with Crippen molar-refractivity contribution in [3.05, 3.63) is 0 Å². The zero-order chi connectivity index (χ0) is 7.40. The molecular formula is C7H15O2P. The van der Waals surface area contributed by atoms with Gasteiger partial charge in [-0.1, -0.05) is 12.8 Å². The molecular weight excluding hydrogens is 147 g/mol. The molecule has 0 aromatic carbocycles. The van der Waals surface area contributed by atoms with Crippen molar-refractivity contribution in [2.75, 3.05) is 14.2 Å². The highest BCUT2D eigenvalue weighted by Crippen LogP contribution is 2.49. The highest BCUT2D eigenvalue weighted by Gasteiger charge is 2.25. The van der Waals surface area contributed by atoms with Crippen molar-refractivity contribution in [3.63, 3.8) is 0 Å². The lowest BCUT2D eigenvalue weighted by Gasteiger charge is -2.17. The largest absolute Gasteiger partial charge is 0.337 e. The quantitative estimate of drug-likeness (QED) is 0.593. The third kappa shape index (κ3) is 1.91. The Morgan fingerprint density at radius 1 is 1.10 bits per heavy atom. The smallest absolute Gasteiger partial charge is 0.173 e. The van der Waals surface area contributed by atoms with Gasteiger partial charge in [-0.2, -0.15) is 0 Å². The van der Waals surface area contributed by atoms with E-state index < -0.39 is 8.38 Å². The van der Waals surface area contributed by atoms with E-state index in [2.05, 4.69) is 0 Å². The Morgan fingerprint density at radius 2 is 1.60 bits per heavy atom. The van der Waals surface area contributed by atoms with Crippen molar-refractivity contribution in [2.45, 2.75) is 31.3 Å². The van der Waals surface area contributed by atoms with Gasteiger partial charge in [0.2, 0.25) is 0 Å². The van der Waals surface area contributed by atoms with E-state index in [1.54, 1.807) is 14.2 Å². The first-order chi connectivity index (χ1) is 4.88. The molecule has 1 aliphatic rings. The Labute approximate surface area is 63.8 Å². The predicted molar refractivity (Wildman–Crippen MR) is 43.2 cm³/mol. The Morgan fingerprint density at radius 3 is 2.00 bits per heavy atom. The van der Waals surface area contributed by atoms with E-state index in [-0.39, 0.29) is 0 Å². The second-order valence-corrected chi connectivity index (χ2v) is 4.62. The molecule has 0 heterocycles. The van der Waals surface area contributed by atoms with Crippen LogP contribution in [0.5, 0.6) is 0 Å². The monoisotopic (exact) mass is 162 g/mol. The van der Waals surface area contributed by atoms with Crippen LogP contribution in [0.2, 0.25) is 0 Å². The van der Waals surface area contributed by atoms with Gasteiger partial charge in [0.05, 0.1) is 0 Å². The van der Waals surface area contributed by atoms with Crippen molar-refractivity contribution in [1.82, 2.24) is 0 Å². The minimum atomic E-state index is -0.557. The fourth-order valence-electron chi connectivity index (χ4n) is 1.49. The molecule has 1 fully saturated rings. The molecule has 0 aromatic rings. The summed E-state index contributed by atoms with van der Waals surface area (Å²) in [5.74, 6) is 0. The van der Waals surface area contributed by atoms with Gasteiger partial charge in [0.25, 0.3) is 0 Å². The SMILES string of the molecule is COP(OC)C1CCCC1. The normalized spacial score (nSPS) is 20.7. The van der Waals surface area contributed by atoms with Crippen LogP contribution in [0.25, 0.3) is 0 Å². The molecule has 1 aliphatic carbocycles. The van der Waals surface area contributed by atoms with Gasteiger partial charge in [-0.25, -0.2) is 0 Å². The average Bonchev–Trinajstić information content (AvgIpc) is 2.43. The average molecular weight is 162 g/mol. The summed E-state index contributed by atoms with van der Waals surface area (Å²) < 4.78 is 10.5. The molecule has 10 heavy (non-hydrogen) atoms. The summed E-state index contributed by atoms with van der Waals surface area (Å²) >= 11 is 0. The van der Waals surface area contributed by atoms with Gasteiger partial charge in [-0.05, 0) is 12.8 Å². The standard InChI is InChI=1S/C7H15O2P/c1-8-10(9-2)7-5-3-4-6-7/h7H,3-6H2,1-2H3. The van der Waals surface area contributed by atoms with E-state index in [4.69, 9.17) is 9.05 Å². The summed E-state index contributed by atoms with van der Waals surface area (Å²) in [5.41, 5.74) is 0.713. The summed E-state index contributed by atoms with van der Waals surface area (Å²) in [7, 11) is 2.93. The Balaban J connectivity index is 2.29. The zero-order valence-electron chi connectivity index (χ0n) is 6.67. The Hall–Kier alpha value is 0.350. The predicted octanol–water partition coefficient (Wildman–Crippen LogP) is 2.53. The van der Waals surface area contributed by atoms with Crippen molar-refractivity contribution >= 4 is 8.38 Å². The first-order valence-electron chi connectivity index (χ1n) is 3.76. The molecule has 0 spiro atoms. The lowest BCUT2D eigenvalue weighted by atomic mass is 10.4. The molecule has 1 rings (SSSR count). The summed E-state index contributed by atoms with van der Waals surface area (Å²) in [5, 5.41) is 0. The van der Waals surface area contributed by atoms with Crippen LogP contribution in [0.3, 0.4) is 0 Å². The van der Waals surface area contributed by atoms with Gasteiger partial charge in [-0.3, -0.25) is 0 Å². The first-order valence-corrected chi connectivity index (χ1v) is 5.00. The molecule has 0 N–H and O–H groups in total. The fourth-order valence-corrected chi connectivity index (χ4v) is 3.02. The van der Waals surface area contributed by atoms with E-state index in [1.807, 2.05) is 0 Å². The molecule has 0 amide bonds. The van der Waals surface area contributed by atoms with Gasteiger partial charge < -0.3 is 9.05 Å². The summed E-state index contributed by atoms with van der Waals surface area (Å²) in [6, 6.07) is 0. The van der Waals surface area contributed by atoms with Crippen LogP contribution in [0.1, 0.15) is 25.7 Å². The van der Waals surface area contributed by atoms with Crippen LogP contribution in [0, 0.1) is 0 Å². The van der Waals surface area contributed by atoms with Crippen molar-refractivity contribution in [3.8, 4) is 0 Å². The van der Waals surface area contributed by atoms with Crippen molar-refractivity contribution < 1.29 is 9.05 Å². The Kier molecular flexibility index (Phi) is 3.61.